The number of imide groups is 1. The molecule has 0 spiro atoms. The summed E-state index contributed by atoms with van der Waals surface area (Å²) in [6.07, 6.45) is 5.19. The van der Waals surface area contributed by atoms with Crippen LogP contribution in [-0.4, -0.2) is 56.0 Å². The first-order valence-corrected chi connectivity index (χ1v) is 11.2. The van der Waals surface area contributed by atoms with Gasteiger partial charge in [-0.05, 0) is 35.8 Å². The Kier molecular flexibility index (Phi) is 8.19. The summed E-state index contributed by atoms with van der Waals surface area (Å²) in [6.45, 7) is 6.23. The number of benzene rings is 1. The molecule has 2 aliphatic carbocycles. The summed E-state index contributed by atoms with van der Waals surface area (Å²) in [5.41, 5.74) is 1.19. The molecule has 2 amide bonds. The molecular formula is C24H33IN4O3. The van der Waals surface area contributed by atoms with Gasteiger partial charge in [-0.3, -0.25) is 19.5 Å². The van der Waals surface area contributed by atoms with Crippen LogP contribution in [-0.2, 0) is 9.59 Å². The topological polar surface area (TPSA) is 83.0 Å². The number of hydrogen-bond acceptors (Lipinski definition) is 4. The first-order valence-electron chi connectivity index (χ1n) is 11.2. The van der Waals surface area contributed by atoms with Gasteiger partial charge in [0.25, 0.3) is 0 Å². The van der Waals surface area contributed by atoms with Gasteiger partial charge in [-0.15, -0.1) is 24.0 Å². The second kappa shape index (κ2) is 10.7. The Hall–Kier alpha value is -2.10. The average Bonchev–Trinajstić information content (AvgIpc) is 3.45. The number of carbonyl (C=O) groups is 2. The summed E-state index contributed by atoms with van der Waals surface area (Å²) in [7, 11) is 1.70. The molecule has 2 N–H and O–H groups in total. The number of allylic oxidation sites excluding steroid dienone is 2. The Bertz CT molecular complexity index is 871. The average molecular weight is 552 g/mol. The number of rotatable bonds is 8. The molecule has 1 aromatic rings. The predicted molar refractivity (Wildman–Crippen MR) is 135 cm³/mol. The van der Waals surface area contributed by atoms with Crippen molar-refractivity contribution in [3.05, 3.63) is 42.0 Å². The molecule has 1 aliphatic heterocycles. The highest BCUT2D eigenvalue weighted by Gasteiger charge is 2.58. The van der Waals surface area contributed by atoms with Gasteiger partial charge in [-0.25, -0.2) is 0 Å². The lowest BCUT2D eigenvalue weighted by Crippen LogP contribution is -2.44. The molecule has 1 heterocycles. The molecule has 2 fully saturated rings. The minimum atomic E-state index is -0.134. The van der Waals surface area contributed by atoms with Crippen molar-refractivity contribution in [1.29, 1.82) is 0 Å². The number of fused-ring (bicyclic) bond motifs is 5. The van der Waals surface area contributed by atoms with Crippen LogP contribution in [0.3, 0.4) is 0 Å². The van der Waals surface area contributed by atoms with Crippen molar-refractivity contribution in [3.8, 4) is 5.75 Å². The van der Waals surface area contributed by atoms with Gasteiger partial charge in [0.1, 0.15) is 12.4 Å². The fraction of sp³-hybridized carbons (Fsp3) is 0.542. The van der Waals surface area contributed by atoms with E-state index in [-0.39, 0.29) is 59.5 Å². The number of guanidine groups is 1. The summed E-state index contributed by atoms with van der Waals surface area (Å²) in [4.78, 5) is 31.1. The van der Waals surface area contributed by atoms with Crippen molar-refractivity contribution < 1.29 is 14.3 Å². The highest BCUT2D eigenvalue weighted by molar-refractivity contribution is 14.0. The van der Waals surface area contributed by atoms with E-state index in [2.05, 4.69) is 47.7 Å². The van der Waals surface area contributed by atoms with Crippen LogP contribution >= 0.6 is 24.0 Å². The molecule has 2 bridgehead atoms. The van der Waals surface area contributed by atoms with Crippen LogP contribution in [0, 0.1) is 23.7 Å². The van der Waals surface area contributed by atoms with Crippen molar-refractivity contribution in [1.82, 2.24) is 15.5 Å². The predicted octanol–water partition coefficient (Wildman–Crippen LogP) is 2.78. The smallest absolute Gasteiger partial charge is 0.233 e. The molecule has 0 aromatic heterocycles. The van der Waals surface area contributed by atoms with E-state index >= 15 is 0 Å². The molecule has 1 aromatic carbocycles. The van der Waals surface area contributed by atoms with Crippen LogP contribution < -0.4 is 15.4 Å². The minimum Gasteiger partial charge on any atom is -0.491 e. The third kappa shape index (κ3) is 4.79. The van der Waals surface area contributed by atoms with Crippen LogP contribution in [0.15, 0.2) is 41.4 Å². The van der Waals surface area contributed by atoms with Gasteiger partial charge in [0.05, 0.1) is 18.4 Å². The molecule has 4 atom stereocenters. The normalized spacial score (nSPS) is 25.9. The largest absolute Gasteiger partial charge is 0.491 e. The SMILES string of the molecule is CN=C(NCCOc1ccccc1C(C)C)NCCN1C(=O)C2C3C=CC(C3)C2C1=O.I. The molecule has 174 valence electrons. The van der Waals surface area contributed by atoms with E-state index in [4.69, 9.17) is 4.74 Å². The molecular weight excluding hydrogens is 519 g/mol. The second-order valence-electron chi connectivity index (χ2n) is 8.79. The van der Waals surface area contributed by atoms with Crippen molar-refractivity contribution >= 4 is 41.8 Å². The Morgan fingerprint density at radius 1 is 1.09 bits per heavy atom. The van der Waals surface area contributed by atoms with Gasteiger partial charge in [0, 0.05) is 20.1 Å². The molecule has 1 saturated carbocycles. The Morgan fingerprint density at radius 2 is 1.72 bits per heavy atom. The number of aliphatic imine (C=N–C) groups is 1. The first kappa shape index (κ1) is 24.5. The number of para-hydroxylation sites is 1. The third-order valence-electron chi connectivity index (χ3n) is 6.61. The van der Waals surface area contributed by atoms with Crippen molar-refractivity contribution in [2.75, 3.05) is 33.3 Å². The maximum atomic E-state index is 12.7. The van der Waals surface area contributed by atoms with Crippen molar-refractivity contribution in [3.63, 3.8) is 0 Å². The van der Waals surface area contributed by atoms with Crippen LogP contribution in [0.25, 0.3) is 0 Å². The lowest BCUT2D eigenvalue weighted by molar-refractivity contribution is -0.140. The molecule has 4 rings (SSSR count). The second-order valence-corrected chi connectivity index (χ2v) is 8.79. The van der Waals surface area contributed by atoms with E-state index in [1.54, 1.807) is 7.05 Å². The quantitative estimate of drug-likeness (QED) is 0.130. The summed E-state index contributed by atoms with van der Waals surface area (Å²) in [6, 6.07) is 8.08. The zero-order valence-electron chi connectivity index (χ0n) is 18.9. The highest BCUT2D eigenvalue weighted by atomic mass is 127. The lowest BCUT2D eigenvalue weighted by atomic mass is 9.85. The van der Waals surface area contributed by atoms with Crippen molar-refractivity contribution in [2.24, 2.45) is 28.7 Å². The van der Waals surface area contributed by atoms with E-state index in [0.29, 0.717) is 38.1 Å². The fourth-order valence-electron chi connectivity index (χ4n) is 5.11. The van der Waals surface area contributed by atoms with Gasteiger partial charge >= 0.3 is 0 Å². The number of amides is 2. The van der Waals surface area contributed by atoms with E-state index in [0.717, 1.165) is 12.2 Å². The molecule has 32 heavy (non-hydrogen) atoms. The zero-order chi connectivity index (χ0) is 22.0. The summed E-state index contributed by atoms with van der Waals surface area (Å²) in [5.74, 6) is 2.16. The van der Waals surface area contributed by atoms with Crippen molar-refractivity contribution in [2.45, 2.75) is 26.2 Å². The fourth-order valence-corrected chi connectivity index (χ4v) is 5.11. The number of ether oxygens (including phenoxy) is 1. The summed E-state index contributed by atoms with van der Waals surface area (Å²) < 4.78 is 5.93. The van der Waals surface area contributed by atoms with Gasteiger partial charge < -0.3 is 15.4 Å². The number of nitrogens with zero attached hydrogens (tertiary/aromatic N) is 2. The molecule has 3 aliphatic rings. The maximum absolute atomic E-state index is 12.7. The van der Waals surface area contributed by atoms with Gasteiger partial charge in [-0.2, -0.15) is 0 Å². The standard InChI is InChI=1S/C24H32N4O3.HI/c1-15(2)18-6-4-5-7-19(18)31-13-11-27-24(25-3)26-10-12-28-22(29)20-16-8-9-17(14-16)21(20)23(28)30;/h4-9,15-17,20-21H,10-14H2,1-3H3,(H2,25,26,27);1H. The third-order valence-corrected chi connectivity index (χ3v) is 6.61. The Morgan fingerprint density at radius 3 is 2.34 bits per heavy atom. The summed E-state index contributed by atoms with van der Waals surface area (Å²) >= 11 is 0. The minimum absolute atomic E-state index is 0. The van der Waals surface area contributed by atoms with Crippen LogP contribution in [0.5, 0.6) is 5.75 Å². The first-order chi connectivity index (χ1) is 15.0. The Labute approximate surface area is 207 Å². The van der Waals surface area contributed by atoms with Gasteiger partial charge in [0.15, 0.2) is 5.96 Å². The number of nitrogens with one attached hydrogen (secondary N) is 2. The molecule has 7 nitrogen and oxygen atoms in total. The molecule has 1 saturated heterocycles. The molecule has 0 radical (unpaired) electrons. The number of carbonyl (C=O) groups excluding carboxylic acids is 2. The lowest BCUT2D eigenvalue weighted by Gasteiger charge is -2.19. The van der Waals surface area contributed by atoms with E-state index in [1.807, 2.05) is 18.2 Å². The maximum Gasteiger partial charge on any atom is 0.233 e. The number of hydrogen-bond donors (Lipinski definition) is 2. The van der Waals surface area contributed by atoms with E-state index in [9.17, 15) is 9.59 Å². The van der Waals surface area contributed by atoms with E-state index < -0.39 is 0 Å². The monoisotopic (exact) mass is 552 g/mol. The van der Waals surface area contributed by atoms with Crippen LogP contribution in [0.1, 0.15) is 31.7 Å². The van der Waals surface area contributed by atoms with Gasteiger partial charge in [-0.1, -0.05) is 44.2 Å². The van der Waals surface area contributed by atoms with Crippen LogP contribution in [0.4, 0.5) is 0 Å². The van der Waals surface area contributed by atoms with Gasteiger partial charge in [0.2, 0.25) is 11.8 Å². The van der Waals surface area contributed by atoms with E-state index in [1.165, 1.54) is 10.5 Å². The summed E-state index contributed by atoms with van der Waals surface area (Å²) in [5, 5.41) is 6.41. The Balaban J connectivity index is 0.00000289. The zero-order valence-corrected chi connectivity index (χ0v) is 21.2. The number of likely N-dealkylation sites (tertiary alicyclic amines) is 1. The number of halogens is 1. The van der Waals surface area contributed by atoms with Crippen LogP contribution in [0.2, 0.25) is 0 Å². The highest BCUT2D eigenvalue weighted by Crippen LogP contribution is 2.52. The molecule has 8 heteroatoms. The molecule has 4 unspecified atom stereocenters.